The second-order valence-electron chi connectivity index (χ2n) is 7.69. The molecule has 0 radical (unpaired) electrons. The first-order valence-electron chi connectivity index (χ1n) is 10.2. The van der Waals surface area contributed by atoms with E-state index in [1.165, 1.54) is 6.07 Å². The summed E-state index contributed by atoms with van der Waals surface area (Å²) in [6.07, 6.45) is 2.39. The molecule has 7 heteroatoms. The summed E-state index contributed by atoms with van der Waals surface area (Å²) >= 11 is 0. The first-order valence-corrected chi connectivity index (χ1v) is 10.2. The number of hydrogen-bond donors (Lipinski definition) is 3. The van der Waals surface area contributed by atoms with Gasteiger partial charge in [-0.3, -0.25) is 9.59 Å². The molecule has 5 N–H and O–H groups in total. The fraction of sp³-hybridized carbons (Fsp3) is 0.348. The van der Waals surface area contributed by atoms with Crippen LogP contribution in [-0.4, -0.2) is 46.4 Å². The molecule has 1 unspecified atom stereocenters. The molecule has 158 valence electrons. The molecule has 1 aliphatic heterocycles. The van der Waals surface area contributed by atoms with E-state index in [2.05, 4.69) is 11.1 Å². The summed E-state index contributed by atoms with van der Waals surface area (Å²) in [7, 11) is 0. The van der Waals surface area contributed by atoms with Crippen LogP contribution in [-0.2, 0) is 22.6 Å². The topological polar surface area (TPSA) is 114 Å². The van der Waals surface area contributed by atoms with Crippen LogP contribution < -0.4 is 11.1 Å². The smallest absolute Gasteiger partial charge is 0.336 e. The van der Waals surface area contributed by atoms with Crippen molar-refractivity contribution >= 4 is 17.8 Å². The zero-order valence-electron chi connectivity index (χ0n) is 16.9. The van der Waals surface area contributed by atoms with Gasteiger partial charge < -0.3 is 21.1 Å². The number of amides is 2. The Hall–Kier alpha value is -3.19. The van der Waals surface area contributed by atoms with Gasteiger partial charge >= 0.3 is 5.97 Å². The number of carboxylic acids is 1. The monoisotopic (exact) mass is 410 g/mol. The van der Waals surface area contributed by atoms with E-state index < -0.39 is 12.0 Å². The number of nitrogens with zero attached hydrogens (tertiary/aromatic N) is 1. The molecule has 0 bridgehead atoms. The first-order chi connectivity index (χ1) is 14.5. The van der Waals surface area contributed by atoms with Gasteiger partial charge in [-0.05, 0) is 30.0 Å². The number of nitrogens with one attached hydrogen (secondary N) is 1. The van der Waals surface area contributed by atoms with E-state index in [0.29, 0.717) is 31.4 Å². The third-order valence-electron chi connectivity index (χ3n) is 5.41. The lowest BCUT2D eigenvalue weighted by atomic mass is 10.0. The molecule has 30 heavy (non-hydrogen) atoms. The van der Waals surface area contributed by atoms with Crippen LogP contribution in [0.15, 0.2) is 54.6 Å². The van der Waals surface area contributed by atoms with E-state index in [-0.39, 0.29) is 30.0 Å². The molecule has 0 aliphatic carbocycles. The van der Waals surface area contributed by atoms with Crippen molar-refractivity contribution in [3.63, 3.8) is 0 Å². The van der Waals surface area contributed by atoms with Gasteiger partial charge in [0.15, 0.2) is 0 Å². The molecule has 2 amide bonds. The molecule has 1 aliphatic rings. The Balaban J connectivity index is 1.56. The van der Waals surface area contributed by atoms with Crippen molar-refractivity contribution < 1.29 is 25.2 Å². The third-order valence-corrected chi connectivity index (χ3v) is 5.41. The minimum Gasteiger partial charge on any atom is -0.478 e. The summed E-state index contributed by atoms with van der Waals surface area (Å²) in [6, 6.07) is 15.9. The number of aromatic carboxylic acids is 1. The Bertz CT molecular complexity index is 900. The van der Waals surface area contributed by atoms with Crippen molar-refractivity contribution in [3.05, 3.63) is 71.3 Å². The number of hydrogen-bond acceptors (Lipinski definition) is 3. The quantitative estimate of drug-likeness (QED) is 0.607. The highest BCUT2D eigenvalue weighted by Crippen LogP contribution is 2.19. The van der Waals surface area contributed by atoms with Gasteiger partial charge in [0.2, 0.25) is 11.8 Å². The predicted molar refractivity (Wildman–Crippen MR) is 111 cm³/mol. The molecule has 1 saturated heterocycles. The minimum absolute atomic E-state index is 0.0606. The zero-order chi connectivity index (χ0) is 21.5. The van der Waals surface area contributed by atoms with Crippen LogP contribution in [0.3, 0.4) is 0 Å². The van der Waals surface area contributed by atoms with Gasteiger partial charge in [-0.25, -0.2) is 4.79 Å². The molecule has 2 aromatic carbocycles. The molecule has 3 rings (SSSR count). The van der Waals surface area contributed by atoms with Gasteiger partial charge in [0.25, 0.3) is 0 Å². The summed E-state index contributed by atoms with van der Waals surface area (Å²) < 4.78 is 0. The van der Waals surface area contributed by atoms with Gasteiger partial charge in [0.05, 0.1) is 18.0 Å². The largest absolute Gasteiger partial charge is 0.478 e. The Morgan fingerprint density at radius 1 is 1.10 bits per heavy atom. The zero-order valence-corrected chi connectivity index (χ0v) is 16.9. The number of benzene rings is 2. The van der Waals surface area contributed by atoms with Crippen LogP contribution in [0.4, 0.5) is 0 Å². The maximum Gasteiger partial charge on any atom is 0.336 e. The standard InChI is InChI=1S/C23H27N3O4/c24-18(13-16-7-2-1-3-8-16)14-21(27)26-12-6-11-20(26)22(28)25-15-17-9-4-5-10-19(17)23(29)30/h1-5,7-10,18,20H,6,11-15,24H2,(H,25,28)(H,29,30)/p+1/t18?,20-/m0/s1. The van der Waals surface area contributed by atoms with Crippen molar-refractivity contribution in [2.24, 2.45) is 0 Å². The Morgan fingerprint density at radius 2 is 1.80 bits per heavy atom. The molecule has 1 fully saturated rings. The van der Waals surface area contributed by atoms with Crippen LogP contribution in [0.5, 0.6) is 0 Å². The summed E-state index contributed by atoms with van der Waals surface area (Å²) in [5, 5.41) is 12.1. The number of carbonyl (C=O) groups excluding carboxylic acids is 2. The lowest BCUT2D eigenvalue weighted by Gasteiger charge is -2.25. The van der Waals surface area contributed by atoms with Crippen molar-refractivity contribution in [1.29, 1.82) is 0 Å². The summed E-state index contributed by atoms with van der Waals surface area (Å²) in [4.78, 5) is 38.5. The van der Waals surface area contributed by atoms with Crippen LogP contribution in [0.1, 0.15) is 40.7 Å². The molecular formula is C23H28N3O4+. The van der Waals surface area contributed by atoms with Gasteiger partial charge in [0.1, 0.15) is 6.04 Å². The molecule has 0 spiro atoms. The SMILES string of the molecule is [NH3+]C(CC(=O)N1CCC[C@H]1C(=O)NCc1ccccc1C(=O)O)Cc1ccccc1. The highest BCUT2D eigenvalue weighted by molar-refractivity contribution is 5.90. The number of rotatable bonds is 8. The maximum absolute atomic E-state index is 12.8. The van der Waals surface area contributed by atoms with Gasteiger partial charge in [-0.1, -0.05) is 48.5 Å². The lowest BCUT2D eigenvalue weighted by Crippen LogP contribution is -2.63. The van der Waals surface area contributed by atoms with Gasteiger partial charge in [-0.15, -0.1) is 0 Å². The average molecular weight is 410 g/mol. The van der Waals surface area contributed by atoms with Crippen molar-refractivity contribution in [1.82, 2.24) is 10.2 Å². The number of likely N-dealkylation sites (tertiary alicyclic amines) is 1. The van der Waals surface area contributed by atoms with Crippen molar-refractivity contribution in [3.8, 4) is 0 Å². The normalized spacial score (nSPS) is 16.8. The van der Waals surface area contributed by atoms with E-state index >= 15 is 0 Å². The van der Waals surface area contributed by atoms with Crippen LogP contribution in [0.2, 0.25) is 0 Å². The molecule has 2 aromatic rings. The number of quaternary nitrogens is 1. The molecule has 0 aromatic heterocycles. The van der Waals surface area contributed by atoms with E-state index in [0.717, 1.165) is 12.0 Å². The molecule has 1 heterocycles. The Morgan fingerprint density at radius 3 is 2.53 bits per heavy atom. The summed E-state index contributed by atoms with van der Waals surface area (Å²) in [5.41, 5.74) is 5.95. The average Bonchev–Trinajstić information content (AvgIpc) is 3.23. The van der Waals surface area contributed by atoms with E-state index in [4.69, 9.17) is 0 Å². The number of carboxylic acid groups (broad SMARTS) is 1. The van der Waals surface area contributed by atoms with E-state index in [9.17, 15) is 19.5 Å². The fourth-order valence-electron chi connectivity index (χ4n) is 3.90. The lowest BCUT2D eigenvalue weighted by molar-refractivity contribution is -0.418. The Kier molecular flexibility index (Phi) is 7.19. The number of carbonyl (C=O) groups is 3. The van der Waals surface area contributed by atoms with E-state index in [1.54, 1.807) is 23.1 Å². The third kappa shape index (κ3) is 5.45. The van der Waals surface area contributed by atoms with Crippen LogP contribution >= 0.6 is 0 Å². The fourth-order valence-corrected chi connectivity index (χ4v) is 3.90. The second-order valence-corrected chi connectivity index (χ2v) is 7.69. The highest BCUT2D eigenvalue weighted by atomic mass is 16.4. The van der Waals surface area contributed by atoms with E-state index in [1.807, 2.05) is 30.3 Å². The molecular weight excluding hydrogens is 382 g/mol. The molecule has 7 nitrogen and oxygen atoms in total. The van der Waals surface area contributed by atoms with Crippen molar-refractivity contribution in [2.75, 3.05) is 6.54 Å². The van der Waals surface area contributed by atoms with Crippen LogP contribution in [0, 0.1) is 0 Å². The summed E-state index contributed by atoms with van der Waals surface area (Å²) in [5.74, 6) is -1.34. The maximum atomic E-state index is 12.8. The first kappa shape index (κ1) is 21.5. The summed E-state index contributed by atoms with van der Waals surface area (Å²) in [6.45, 7) is 0.673. The van der Waals surface area contributed by atoms with Gasteiger partial charge in [0, 0.05) is 19.5 Å². The van der Waals surface area contributed by atoms with Crippen LogP contribution in [0.25, 0.3) is 0 Å². The highest BCUT2D eigenvalue weighted by Gasteiger charge is 2.34. The minimum atomic E-state index is -1.03. The molecule has 0 saturated carbocycles. The Labute approximate surface area is 175 Å². The van der Waals surface area contributed by atoms with Gasteiger partial charge in [-0.2, -0.15) is 0 Å². The predicted octanol–water partition coefficient (Wildman–Crippen LogP) is 1.24. The molecule has 2 atom stereocenters. The van der Waals surface area contributed by atoms with Crippen molar-refractivity contribution in [2.45, 2.75) is 44.3 Å². The second kappa shape index (κ2) is 10.0.